The van der Waals surface area contributed by atoms with E-state index in [0.717, 1.165) is 11.3 Å². The molecule has 0 spiro atoms. The van der Waals surface area contributed by atoms with Gasteiger partial charge >= 0.3 is 0 Å². The Hall–Kier alpha value is -0.610. The van der Waals surface area contributed by atoms with Gasteiger partial charge in [-0.05, 0) is 18.2 Å². The van der Waals surface area contributed by atoms with Crippen molar-refractivity contribution < 1.29 is 0 Å². The zero-order chi connectivity index (χ0) is 11.5. The summed E-state index contributed by atoms with van der Waals surface area (Å²) < 4.78 is 1.32. The molecule has 2 N–H and O–H groups in total. The Morgan fingerprint density at radius 3 is 2.75 bits per heavy atom. The van der Waals surface area contributed by atoms with Gasteiger partial charge in [-0.15, -0.1) is 11.3 Å². The molecule has 16 heavy (non-hydrogen) atoms. The van der Waals surface area contributed by atoms with E-state index < -0.39 is 0 Å². The summed E-state index contributed by atoms with van der Waals surface area (Å²) in [6.45, 7) is 0. The summed E-state index contributed by atoms with van der Waals surface area (Å²) in [5.74, 6) is 0. The largest absolute Gasteiger partial charge is 0.324 e. The van der Waals surface area contributed by atoms with Crippen molar-refractivity contribution in [2.24, 2.45) is 5.73 Å². The first-order valence-corrected chi connectivity index (χ1v) is 6.34. The maximum atomic E-state index is 6.06. The van der Waals surface area contributed by atoms with Crippen molar-refractivity contribution in [2.45, 2.75) is 12.5 Å². The SMILES string of the molecule is NC(Cc1ccccn1)c1cc(Cl)sc1Cl. The predicted molar refractivity (Wildman–Crippen MR) is 69.2 cm³/mol. The van der Waals surface area contributed by atoms with Crippen LogP contribution in [0.4, 0.5) is 0 Å². The molecule has 2 heterocycles. The van der Waals surface area contributed by atoms with Gasteiger partial charge in [0.15, 0.2) is 0 Å². The van der Waals surface area contributed by atoms with Crippen molar-refractivity contribution >= 4 is 34.5 Å². The fourth-order valence-corrected chi connectivity index (χ4v) is 3.06. The molecule has 2 aromatic rings. The Balaban J connectivity index is 2.14. The van der Waals surface area contributed by atoms with Crippen LogP contribution in [-0.2, 0) is 6.42 Å². The number of aromatic nitrogens is 1. The normalized spacial score (nSPS) is 12.7. The van der Waals surface area contributed by atoms with E-state index in [2.05, 4.69) is 4.98 Å². The third-order valence-corrected chi connectivity index (χ3v) is 3.76. The number of rotatable bonds is 3. The summed E-state index contributed by atoms with van der Waals surface area (Å²) in [4.78, 5) is 4.23. The number of hydrogen-bond donors (Lipinski definition) is 1. The molecule has 5 heteroatoms. The van der Waals surface area contributed by atoms with Crippen molar-refractivity contribution in [2.75, 3.05) is 0 Å². The molecule has 2 rings (SSSR count). The van der Waals surface area contributed by atoms with Gasteiger partial charge in [0.05, 0.1) is 8.67 Å². The molecule has 2 nitrogen and oxygen atoms in total. The zero-order valence-electron chi connectivity index (χ0n) is 8.36. The van der Waals surface area contributed by atoms with Crippen LogP contribution in [0.5, 0.6) is 0 Å². The van der Waals surface area contributed by atoms with Gasteiger partial charge in [-0.25, -0.2) is 0 Å². The van der Waals surface area contributed by atoms with Gasteiger partial charge in [0.1, 0.15) is 0 Å². The van der Waals surface area contributed by atoms with Gasteiger partial charge in [-0.3, -0.25) is 4.98 Å². The fraction of sp³-hybridized carbons (Fsp3) is 0.182. The van der Waals surface area contributed by atoms with E-state index in [4.69, 9.17) is 28.9 Å². The average Bonchev–Trinajstić information content (AvgIpc) is 2.59. The topological polar surface area (TPSA) is 38.9 Å². The number of pyridine rings is 1. The minimum absolute atomic E-state index is 0.161. The molecule has 0 bridgehead atoms. The smallest absolute Gasteiger partial charge is 0.0992 e. The van der Waals surface area contributed by atoms with Gasteiger partial charge in [0.25, 0.3) is 0 Å². The third kappa shape index (κ3) is 2.74. The molecule has 84 valence electrons. The Labute approximate surface area is 108 Å². The second-order valence-corrected chi connectivity index (χ2v) is 5.70. The van der Waals surface area contributed by atoms with E-state index in [1.54, 1.807) is 6.20 Å². The molecule has 0 saturated carbocycles. The van der Waals surface area contributed by atoms with Crippen LogP contribution in [0.2, 0.25) is 8.67 Å². The van der Waals surface area contributed by atoms with Crippen LogP contribution in [0.1, 0.15) is 17.3 Å². The lowest BCUT2D eigenvalue weighted by Crippen LogP contribution is -2.13. The molecule has 0 radical (unpaired) electrons. The number of thiophene rings is 1. The summed E-state index contributed by atoms with van der Waals surface area (Å²) in [5, 5.41) is 0. The first-order valence-electron chi connectivity index (χ1n) is 4.77. The highest BCUT2D eigenvalue weighted by Crippen LogP contribution is 2.34. The minimum Gasteiger partial charge on any atom is -0.324 e. The summed E-state index contributed by atoms with van der Waals surface area (Å²) >= 11 is 13.3. The lowest BCUT2D eigenvalue weighted by molar-refractivity contribution is 0.709. The van der Waals surface area contributed by atoms with Gasteiger partial charge in [0, 0.05) is 29.9 Å². The molecular weight excluding hydrogens is 263 g/mol. The quantitative estimate of drug-likeness (QED) is 0.926. The van der Waals surface area contributed by atoms with Crippen LogP contribution in [0.25, 0.3) is 0 Å². The Bertz CT molecular complexity index is 470. The molecule has 1 atom stereocenters. The number of nitrogens with zero attached hydrogens (tertiary/aromatic N) is 1. The first kappa shape index (κ1) is 11.9. The lowest BCUT2D eigenvalue weighted by Gasteiger charge is -2.09. The van der Waals surface area contributed by atoms with E-state index in [9.17, 15) is 0 Å². The van der Waals surface area contributed by atoms with E-state index >= 15 is 0 Å². The van der Waals surface area contributed by atoms with Crippen molar-refractivity contribution in [3.8, 4) is 0 Å². The zero-order valence-corrected chi connectivity index (χ0v) is 10.7. The highest BCUT2D eigenvalue weighted by atomic mass is 35.5. The number of halogens is 2. The monoisotopic (exact) mass is 272 g/mol. The van der Waals surface area contributed by atoms with Gasteiger partial charge in [-0.2, -0.15) is 0 Å². The molecule has 0 saturated heterocycles. The average molecular weight is 273 g/mol. The van der Waals surface area contributed by atoms with Crippen LogP contribution in [0, 0.1) is 0 Å². The highest BCUT2D eigenvalue weighted by Gasteiger charge is 2.14. The number of hydrogen-bond acceptors (Lipinski definition) is 3. The highest BCUT2D eigenvalue weighted by molar-refractivity contribution is 7.20. The molecular formula is C11H10Cl2N2S. The van der Waals surface area contributed by atoms with Crippen LogP contribution in [0.15, 0.2) is 30.5 Å². The van der Waals surface area contributed by atoms with E-state index in [1.807, 2.05) is 24.3 Å². The molecule has 0 aliphatic heterocycles. The molecule has 1 unspecified atom stereocenters. The molecule has 0 aliphatic rings. The molecule has 0 aromatic carbocycles. The maximum Gasteiger partial charge on any atom is 0.0992 e. The fourth-order valence-electron chi connectivity index (χ4n) is 1.46. The van der Waals surface area contributed by atoms with Crippen molar-refractivity contribution in [3.05, 3.63) is 50.4 Å². The molecule has 0 aliphatic carbocycles. The summed E-state index contributed by atoms with van der Waals surface area (Å²) in [6.07, 6.45) is 2.41. The molecule has 0 amide bonds. The van der Waals surface area contributed by atoms with Crippen molar-refractivity contribution in [3.63, 3.8) is 0 Å². The summed E-state index contributed by atoms with van der Waals surface area (Å²) in [7, 11) is 0. The van der Waals surface area contributed by atoms with Crippen molar-refractivity contribution in [1.82, 2.24) is 4.98 Å². The molecule has 0 fully saturated rings. The third-order valence-electron chi connectivity index (χ3n) is 2.24. The Morgan fingerprint density at radius 1 is 1.38 bits per heavy atom. The number of nitrogens with two attached hydrogens (primary N) is 1. The minimum atomic E-state index is -0.161. The second kappa shape index (κ2) is 5.15. The Kier molecular flexibility index (Phi) is 3.82. The van der Waals surface area contributed by atoms with Crippen LogP contribution >= 0.6 is 34.5 Å². The predicted octanol–water partition coefficient (Wildman–Crippen LogP) is 3.69. The van der Waals surface area contributed by atoms with Gasteiger partial charge in [0.2, 0.25) is 0 Å². The van der Waals surface area contributed by atoms with E-state index in [1.165, 1.54) is 11.3 Å². The van der Waals surface area contributed by atoms with E-state index in [0.29, 0.717) is 15.1 Å². The molecule has 2 aromatic heterocycles. The standard InChI is InChI=1S/C11H10Cl2N2S/c12-10-6-8(11(13)16-10)9(14)5-7-3-1-2-4-15-7/h1-4,6,9H,5,14H2. The van der Waals surface area contributed by atoms with Crippen LogP contribution in [-0.4, -0.2) is 4.98 Å². The second-order valence-electron chi connectivity index (χ2n) is 3.41. The van der Waals surface area contributed by atoms with Gasteiger partial charge in [-0.1, -0.05) is 29.3 Å². The van der Waals surface area contributed by atoms with Crippen LogP contribution < -0.4 is 5.73 Å². The lowest BCUT2D eigenvalue weighted by atomic mass is 10.1. The first-order chi connectivity index (χ1) is 7.66. The van der Waals surface area contributed by atoms with E-state index in [-0.39, 0.29) is 6.04 Å². The van der Waals surface area contributed by atoms with Crippen molar-refractivity contribution in [1.29, 1.82) is 0 Å². The maximum absolute atomic E-state index is 6.06. The Morgan fingerprint density at radius 2 is 2.19 bits per heavy atom. The summed E-state index contributed by atoms with van der Waals surface area (Å²) in [5.41, 5.74) is 7.91. The van der Waals surface area contributed by atoms with Crippen LogP contribution in [0.3, 0.4) is 0 Å². The van der Waals surface area contributed by atoms with Gasteiger partial charge < -0.3 is 5.73 Å². The summed E-state index contributed by atoms with van der Waals surface area (Å²) in [6, 6.07) is 7.43.